The third-order valence-corrected chi connectivity index (χ3v) is 4.60. The first-order valence-electron chi connectivity index (χ1n) is 10.7. The highest BCUT2D eigenvalue weighted by molar-refractivity contribution is 5.69. The van der Waals surface area contributed by atoms with E-state index in [1.807, 2.05) is 0 Å². The molecular weight excluding hydrogens is 296 g/mol. The highest BCUT2D eigenvalue weighted by Gasteiger charge is 2.02. The average Bonchev–Trinajstić information content (AvgIpc) is 2.51. The van der Waals surface area contributed by atoms with E-state index in [9.17, 15) is 4.79 Å². The highest BCUT2D eigenvalue weighted by atomic mass is 16.5. The van der Waals surface area contributed by atoms with E-state index < -0.39 is 0 Å². The molecule has 0 aromatic heterocycles. The fourth-order valence-corrected chi connectivity index (χ4v) is 2.97. The predicted octanol–water partition coefficient (Wildman–Crippen LogP) is 7.30. The van der Waals surface area contributed by atoms with Crippen LogP contribution in [0.2, 0.25) is 0 Å². The molecule has 0 saturated carbocycles. The van der Waals surface area contributed by atoms with Crippen LogP contribution in [0.5, 0.6) is 0 Å². The summed E-state index contributed by atoms with van der Waals surface area (Å²) in [5.74, 6) is 1.66. The number of unbranched alkanes of at least 4 members (excludes halogenated alkanes) is 9. The fourth-order valence-electron chi connectivity index (χ4n) is 2.97. The van der Waals surface area contributed by atoms with E-state index in [-0.39, 0.29) is 5.97 Å². The summed E-state index contributed by atoms with van der Waals surface area (Å²) in [6.07, 6.45) is 17.0. The predicted molar refractivity (Wildman–Crippen MR) is 105 cm³/mol. The molecule has 0 atom stereocenters. The Morgan fingerprint density at radius 1 is 0.625 bits per heavy atom. The monoisotopic (exact) mass is 340 g/mol. The van der Waals surface area contributed by atoms with Gasteiger partial charge in [-0.1, -0.05) is 98.3 Å². The van der Waals surface area contributed by atoms with Crippen molar-refractivity contribution in [2.75, 3.05) is 6.61 Å². The van der Waals surface area contributed by atoms with Crippen LogP contribution >= 0.6 is 0 Å². The van der Waals surface area contributed by atoms with Crippen molar-refractivity contribution in [1.29, 1.82) is 0 Å². The molecule has 0 fully saturated rings. The van der Waals surface area contributed by atoms with Gasteiger partial charge < -0.3 is 4.74 Å². The van der Waals surface area contributed by atoms with Crippen LogP contribution in [0.15, 0.2) is 0 Å². The molecule has 0 heterocycles. The third-order valence-electron chi connectivity index (χ3n) is 4.60. The zero-order valence-electron chi connectivity index (χ0n) is 17.1. The maximum Gasteiger partial charge on any atom is 0.305 e. The molecule has 144 valence electrons. The molecule has 0 radical (unpaired) electrons. The van der Waals surface area contributed by atoms with Crippen LogP contribution < -0.4 is 0 Å². The topological polar surface area (TPSA) is 26.3 Å². The van der Waals surface area contributed by atoms with E-state index in [1.54, 1.807) is 0 Å². The summed E-state index contributed by atoms with van der Waals surface area (Å²) in [5.41, 5.74) is 0. The van der Waals surface area contributed by atoms with Crippen LogP contribution in [0.1, 0.15) is 118 Å². The SMILES string of the molecule is CC(C)CCCCCCCCCC(=O)OCCCCCCC(C)C. The summed E-state index contributed by atoms with van der Waals surface area (Å²) in [6, 6.07) is 0. The molecule has 0 N–H and O–H groups in total. The maximum absolute atomic E-state index is 11.6. The maximum atomic E-state index is 11.6. The Balaban J connectivity index is 3.18. The van der Waals surface area contributed by atoms with Gasteiger partial charge in [0.25, 0.3) is 0 Å². The van der Waals surface area contributed by atoms with E-state index in [0.29, 0.717) is 13.0 Å². The van der Waals surface area contributed by atoms with Crippen LogP contribution in [0.3, 0.4) is 0 Å². The molecule has 0 aromatic rings. The Bertz CT molecular complexity index is 271. The van der Waals surface area contributed by atoms with E-state index in [4.69, 9.17) is 4.74 Å². The molecule has 0 amide bonds. The molecule has 0 aromatic carbocycles. The lowest BCUT2D eigenvalue weighted by molar-refractivity contribution is -0.143. The van der Waals surface area contributed by atoms with Crippen molar-refractivity contribution in [2.24, 2.45) is 11.8 Å². The second kappa shape index (κ2) is 17.3. The molecule has 0 bridgehead atoms. The van der Waals surface area contributed by atoms with Gasteiger partial charge in [-0.2, -0.15) is 0 Å². The van der Waals surface area contributed by atoms with Crippen molar-refractivity contribution in [3.63, 3.8) is 0 Å². The summed E-state index contributed by atoms with van der Waals surface area (Å²) >= 11 is 0. The Labute approximate surface area is 152 Å². The van der Waals surface area contributed by atoms with Gasteiger partial charge in [0.2, 0.25) is 0 Å². The molecule has 0 spiro atoms. The standard InChI is InChI=1S/C22H44O2/c1-20(2)16-12-8-6-5-7-9-14-18-22(23)24-19-15-11-10-13-17-21(3)4/h20-21H,5-19H2,1-4H3. The Kier molecular flexibility index (Phi) is 16.9. The molecule has 0 aliphatic carbocycles. The minimum atomic E-state index is 0.00844. The van der Waals surface area contributed by atoms with Crippen molar-refractivity contribution >= 4 is 5.97 Å². The van der Waals surface area contributed by atoms with Gasteiger partial charge in [0.15, 0.2) is 0 Å². The van der Waals surface area contributed by atoms with Gasteiger partial charge in [-0.25, -0.2) is 0 Å². The molecule has 0 unspecified atom stereocenters. The molecule has 24 heavy (non-hydrogen) atoms. The number of esters is 1. The van der Waals surface area contributed by atoms with Gasteiger partial charge in [0, 0.05) is 6.42 Å². The zero-order valence-corrected chi connectivity index (χ0v) is 17.1. The van der Waals surface area contributed by atoms with Crippen molar-refractivity contribution in [1.82, 2.24) is 0 Å². The van der Waals surface area contributed by atoms with Crippen LogP contribution in [0, 0.1) is 11.8 Å². The second-order valence-corrected chi connectivity index (χ2v) is 8.22. The molecule has 2 nitrogen and oxygen atoms in total. The largest absolute Gasteiger partial charge is 0.466 e. The van der Waals surface area contributed by atoms with Crippen molar-refractivity contribution in [3.05, 3.63) is 0 Å². The van der Waals surface area contributed by atoms with Gasteiger partial charge >= 0.3 is 5.97 Å². The summed E-state index contributed by atoms with van der Waals surface area (Å²) < 4.78 is 5.31. The lowest BCUT2D eigenvalue weighted by atomic mass is 10.0. The molecule has 0 aliphatic heterocycles. The third kappa shape index (κ3) is 19.5. The number of carbonyl (C=O) groups is 1. The molecular formula is C22H44O2. The minimum absolute atomic E-state index is 0.00844. The number of rotatable bonds is 17. The summed E-state index contributed by atoms with van der Waals surface area (Å²) in [5, 5.41) is 0. The first-order chi connectivity index (χ1) is 11.5. The van der Waals surface area contributed by atoms with Crippen molar-refractivity contribution < 1.29 is 9.53 Å². The van der Waals surface area contributed by atoms with E-state index in [2.05, 4.69) is 27.7 Å². The zero-order chi connectivity index (χ0) is 18.0. The highest BCUT2D eigenvalue weighted by Crippen LogP contribution is 2.13. The number of hydrogen-bond donors (Lipinski definition) is 0. The Hall–Kier alpha value is -0.530. The Morgan fingerprint density at radius 3 is 1.54 bits per heavy atom. The first-order valence-corrected chi connectivity index (χ1v) is 10.7. The van der Waals surface area contributed by atoms with Crippen LogP contribution in [0.25, 0.3) is 0 Å². The number of ether oxygens (including phenoxy) is 1. The van der Waals surface area contributed by atoms with Crippen LogP contribution in [0.4, 0.5) is 0 Å². The van der Waals surface area contributed by atoms with Gasteiger partial charge in [-0.3, -0.25) is 4.79 Å². The van der Waals surface area contributed by atoms with Crippen molar-refractivity contribution in [3.8, 4) is 0 Å². The van der Waals surface area contributed by atoms with Gasteiger partial charge in [0.1, 0.15) is 0 Å². The molecule has 2 heteroatoms. The lowest BCUT2D eigenvalue weighted by Crippen LogP contribution is -2.05. The van der Waals surface area contributed by atoms with E-state index in [0.717, 1.165) is 24.7 Å². The lowest BCUT2D eigenvalue weighted by Gasteiger charge is -2.06. The van der Waals surface area contributed by atoms with Crippen molar-refractivity contribution in [2.45, 2.75) is 118 Å². The first kappa shape index (κ1) is 23.5. The smallest absolute Gasteiger partial charge is 0.305 e. The summed E-state index contributed by atoms with van der Waals surface area (Å²) in [6.45, 7) is 9.76. The number of carbonyl (C=O) groups excluding carboxylic acids is 1. The van der Waals surface area contributed by atoms with Gasteiger partial charge in [0.05, 0.1) is 6.61 Å². The van der Waals surface area contributed by atoms with Crippen LogP contribution in [-0.4, -0.2) is 12.6 Å². The van der Waals surface area contributed by atoms with Gasteiger partial charge in [-0.05, 0) is 24.7 Å². The quantitative estimate of drug-likeness (QED) is 0.205. The molecule has 0 rings (SSSR count). The summed E-state index contributed by atoms with van der Waals surface area (Å²) in [4.78, 5) is 11.6. The normalized spacial score (nSPS) is 11.4. The molecule has 0 saturated heterocycles. The Morgan fingerprint density at radius 2 is 1.04 bits per heavy atom. The molecule has 0 aliphatic rings. The average molecular weight is 341 g/mol. The fraction of sp³-hybridized carbons (Fsp3) is 0.955. The van der Waals surface area contributed by atoms with E-state index >= 15 is 0 Å². The summed E-state index contributed by atoms with van der Waals surface area (Å²) in [7, 11) is 0. The van der Waals surface area contributed by atoms with E-state index in [1.165, 1.54) is 70.6 Å². The second-order valence-electron chi connectivity index (χ2n) is 8.22. The van der Waals surface area contributed by atoms with Crippen LogP contribution in [-0.2, 0) is 9.53 Å². The minimum Gasteiger partial charge on any atom is -0.466 e. The van der Waals surface area contributed by atoms with Gasteiger partial charge in [-0.15, -0.1) is 0 Å². The number of hydrogen-bond acceptors (Lipinski definition) is 2.